The summed E-state index contributed by atoms with van der Waals surface area (Å²) in [6.45, 7) is 8.26. The standard InChI is InChI=1S/C28H38N6O3/c1-18-24(31-17-30-18)25(26(36)32-20-8-6-5-7-9-20)34(21-12-10-19(11-13-21)28(2,3)4)27(37)23-14-22(35)15-33(23)16-29/h10-13,17,20,22-23,25,35H,5-9,14-15H2,1-4H3,(H,30,31)(H,32,36)/t22-,23-,25?/m1/s1. The molecule has 37 heavy (non-hydrogen) atoms. The van der Waals surface area contributed by atoms with E-state index in [1.807, 2.05) is 37.4 Å². The Morgan fingerprint density at radius 3 is 2.46 bits per heavy atom. The van der Waals surface area contributed by atoms with Crippen LogP contribution in [0.3, 0.4) is 0 Å². The van der Waals surface area contributed by atoms with E-state index < -0.39 is 24.1 Å². The molecule has 2 heterocycles. The molecule has 3 atom stereocenters. The van der Waals surface area contributed by atoms with Crippen LogP contribution in [0.4, 0.5) is 5.69 Å². The molecule has 0 spiro atoms. The number of aryl methyl sites for hydroxylation is 1. The first-order chi connectivity index (χ1) is 17.6. The first kappa shape index (κ1) is 26.7. The zero-order chi connectivity index (χ0) is 26.7. The number of amides is 2. The summed E-state index contributed by atoms with van der Waals surface area (Å²) in [5.41, 5.74) is 2.71. The second-order valence-corrected chi connectivity index (χ2v) is 11.3. The fraction of sp³-hybridized carbons (Fsp3) is 0.571. The smallest absolute Gasteiger partial charge is 0.251 e. The molecule has 0 bridgehead atoms. The van der Waals surface area contributed by atoms with E-state index in [1.165, 1.54) is 16.1 Å². The number of β-amino-alcohol motifs (C(OH)–C–C–N with tert-alkyl or cyclic N) is 1. The maximum absolute atomic E-state index is 14.2. The van der Waals surface area contributed by atoms with Gasteiger partial charge in [0.15, 0.2) is 12.2 Å². The SMILES string of the molecule is Cc1[nH]cnc1C(C(=O)NC1CCCCC1)N(C(=O)[C@H]1C[C@@H](O)CN1C#N)c1ccc(C(C)(C)C)cc1. The molecule has 2 aromatic rings. The van der Waals surface area contributed by atoms with Crippen LogP contribution in [-0.2, 0) is 15.0 Å². The molecule has 9 nitrogen and oxygen atoms in total. The highest BCUT2D eigenvalue weighted by atomic mass is 16.3. The average molecular weight is 507 g/mol. The average Bonchev–Trinajstić information content (AvgIpc) is 3.47. The predicted octanol–water partition coefficient (Wildman–Crippen LogP) is 3.46. The van der Waals surface area contributed by atoms with Crippen LogP contribution in [0.15, 0.2) is 30.6 Å². The van der Waals surface area contributed by atoms with E-state index in [0.29, 0.717) is 17.1 Å². The van der Waals surface area contributed by atoms with E-state index in [9.17, 15) is 20.0 Å². The van der Waals surface area contributed by atoms with Crippen LogP contribution in [0.5, 0.6) is 0 Å². The molecule has 9 heteroatoms. The number of nitrogens with zero attached hydrogens (tertiary/aromatic N) is 4. The number of benzene rings is 1. The van der Waals surface area contributed by atoms with Gasteiger partial charge in [0.1, 0.15) is 6.04 Å². The molecule has 2 aliphatic rings. The highest BCUT2D eigenvalue weighted by Crippen LogP contribution is 2.34. The molecule has 2 amide bonds. The Morgan fingerprint density at radius 2 is 1.89 bits per heavy atom. The van der Waals surface area contributed by atoms with Crippen molar-refractivity contribution in [1.82, 2.24) is 20.2 Å². The van der Waals surface area contributed by atoms with Crippen LogP contribution >= 0.6 is 0 Å². The van der Waals surface area contributed by atoms with Gasteiger partial charge in [0.2, 0.25) is 5.91 Å². The van der Waals surface area contributed by atoms with E-state index in [-0.39, 0.29) is 30.3 Å². The Balaban J connectivity index is 1.79. The van der Waals surface area contributed by atoms with Gasteiger partial charge in [0, 0.05) is 23.8 Å². The van der Waals surface area contributed by atoms with Crippen molar-refractivity contribution in [1.29, 1.82) is 5.26 Å². The number of aliphatic hydroxyl groups is 1. The van der Waals surface area contributed by atoms with E-state index in [0.717, 1.165) is 37.7 Å². The number of hydrogen-bond donors (Lipinski definition) is 3. The molecule has 1 aromatic carbocycles. The van der Waals surface area contributed by atoms with Gasteiger partial charge < -0.3 is 15.4 Å². The lowest BCUT2D eigenvalue weighted by Gasteiger charge is -2.35. The second-order valence-electron chi connectivity index (χ2n) is 11.3. The molecule has 1 aliphatic carbocycles. The van der Waals surface area contributed by atoms with E-state index in [1.54, 1.807) is 0 Å². The minimum Gasteiger partial charge on any atom is -0.391 e. The van der Waals surface area contributed by atoms with Gasteiger partial charge in [0.25, 0.3) is 5.91 Å². The Kier molecular flexibility index (Phi) is 7.88. The zero-order valence-electron chi connectivity index (χ0n) is 22.2. The van der Waals surface area contributed by atoms with E-state index in [2.05, 4.69) is 36.1 Å². The summed E-state index contributed by atoms with van der Waals surface area (Å²) < 4.78 is 0. The van der Waals surface area contributed by atoms with Crippen molar-refractivity contribution in [3.05, 3.63) is 47.5 Å². The number of hydrogen-bond acceptors (Lipinski definition) is 6. The molecular formula is C28H38N6O3. The summed E-state index contributed by atoms with van der Waals surface area (Å²) in [7, 11) is 0. The number of rotatable bonds is 6. The van der Waals surface area contributed by atoms with Crippen LogP contribution in [0.1, 0.15) is 82.3 Å². The highest BCUT2D eigenvalue weighted by molar-refractivity contribution is 6.04. The molecule has 1 aromatic heterocycles. The van der Waals surface area contributed by atoms with Gasteiger partial charge >= 0.3 is 0 Å². The van der Waals surface area contributed by atoms with Crippen LogP contribution in [0.2, 0.25) is 0 Å². The zero-order valence-corrected chi connectivity index (χ0v) is 22.2. The first-order valence-electron chi connectivity index (χ1n) is 13.2. The minimum absolute atomic E-state index is 0.0483. The van der Waals surface area contributed by atoms with Crippen molar-refractivity contribution in [2.75, 3.05) is 11.4 Å². The van der Waals surface area contributed by atoms with Crippen molar-refractivity contribution >= 4 is 17.5 Å². The lowest BCUT2D eigenvalue weighted by molar-refractivity contribution is -0.128. The number of anilines is 1. The summed E-state index contributed by atoms with van der Waals surface area (Å²) in [5, 5.41) is 23.1. The summed E-state index contributed by atoms with van der Waals surface area (Å²) >= 11 is 0. The van der Waals surface area contributed by atoms with Gasteiger partial charge in [-0.1, -0.05) is 52.2 Å². The van der Waals surface area contributed by atoms with Gasteiger partial charge in [-0.25, -0.2) is 4.98 Å². The van der Waals surface area contributed by atoms with Crippen molar-refractivity contribution < 1.29 is 14.7 Å². The van der Waals surface area contributed by atoms with Gasteiger partial charge in [-0.2, -0.15) is 5.26 Å². The van der Waals surface area contributed by atoms with Crippen molar-refractivity contribution in [3.63, 3.8) is 0 Å². The number of aliphatic hydroxyl groups excluding tert-OH is 1. The number of carbonyl (C=O) groups is 2. The normalized spacial score (nSPS) is 21.4. The first-order valence-corrected chi connectivity index (χ1v) is 13.2. The molecule has 1 saturated heterocycles. The number of aromatic nitrogens is 2. The third-order valence-electron chi connectivity index (χ3n) is 7.53. The molecule has 4 rings (SSSR count). The van der Waals surface area contributed by atoms with E-state index in [4.69, 9.17) is 0 Å². The Hall–Kier alpha value is -3.38. The summed E-state index contributed by atoms with van der Waals surface area (Å²) in [4.78, 5) is 38.4. The Morgan fingerprint density at radius 1 is 1.22 bits per heavy atom. The summed E-state index contributed by atoms with van der Waals surface area (Å²) in [6, 6.07) is 5.79. The number of nitriles is 1. The number of imidazole rings is 1. The molecular weight excluding hydrogens is 468 g/mol. The molecule has 1 unspecified atom stereocenters. The van der Waals surface area contributed by atoms with Gasteiger partial charge in [-0.3, -0.25) is 19.4 Å². The van der Waals surface area contributed by atoms with Crippen LogP contribution in [0, 0.1) is 18.4 Å². The van der Waals surface area contributed by atoms with Crippen LogP contribution in [0.25, 0.3) is 0 Å². The molecule has 3 N–H and O–H groups in total. The lowest BCUT2D eigenvalue weighted by Crippen LogP contribution is -2.52. The predicted molar refractivity (Wildman–Crippen MR) is 140 cm³/mol. The number of likely N-dealkylation sites (tertiary alicyclic amines) is 1. The topological polar surface area (TPSA) is 125 Å². The number of carbonyl (C=O) groups excluding carboxylic acids is 2. The molecule has 198 valence electrons. The Bertz CT molecular complexity index is 1140. The fourth-order valence-corrected chi connectivity index (χ4v) is 5.38. The lowest BCUT2D eigenvalue weighted by atomic mass is 9.87. The maximum atomic E-state index is 14.2. The third-order valence-corrected chi connectivity index (χ3v) is 7.53. The maximum Gasteiger partial charge on any atom is 0.251 e. The molecule has 0 radical (unpaired) electrons. The Labute approximate surface area is 218 Å². The molecule has 2 fully saturated rings. The quantitative estimate of drug-likeness (QED) is 0.515. The van der Waals surface area contributed by atoms with Crippen molar-refractivity contribution in [2.45, 2.75) is 95.9 Å². The minimum atomic E-state index is -1.03. The largest absolute Gasteiger partial charge is 0.391 e. The van der Waals surface area contributed by atoms with Gasteiger partial charge in [0.05, 0.1) is 24.7 Å². The van der Waals surface area contributed by atoms with Crippen LogP contribution in [-0.4, -0.2) is 56.5 Å². The van der Waals surface area contributed by atoms with Crippen LogP contribution < -0.4 is 10.2 Å². The molecule has 1 saturated carbocycles. The third kappa shape index (κ3) is 5.80. The van der Waals surface area contributed by atoms with E-state index >= 15 is 0 Å². The number of aromatic amines is 1. The van der Waals surface area contributed by atoms with Crippen molar-refractivity contribution in [2.24, 2.45) is 0 Å². The number of H-pyrrole nitrogens is 1. The summed E-state index contributed by atoms with van der Waals surface area (Å²) in [5.74, 6) is -0.704. The summed E-state index contributed by atoms with van der Waals surface area (Å²) in [6.07, 6.45) is 8.00. The second kappa shape index (κ2) is 10.9. The highest BCUT2D eigenvalue weighted by Gasteiger charge is 2.44. The number of nitrogens with one attached hydrogen (secondary N) is 2. The van der Waals surface area contributed by atoms with Crippen molar-refractivity contribution in [3.8, 4) is 6.19 Å². The fourth-order valence-electron chi connectivity index (χ4n) is 5.38. The van der Waals surface area contributed by atoms with Gasteiger partial charge in [-0.15, -0.1) is 0 Å². The monoisotopic (exact) mass is 506 g/mol. The van der Waals surface area contributed by atoms with Gasteiger partial charge in [-0.05, 0) is 42.9 Å². The molecule has 1 aliphatic heterocycles.